The van der Waals surface area contributed by atoms with Crippen LogP contribution in [-0.2, 0) is 29.0 Å². The second-order valence-electron chi connectivity index (χ2n) is 9.61. The number of carbonyl (C=O) groups excluding carboxylic acids is 2. The summed E-state index contributed by atoms with van der Waals surface area (Å²) in [4.78, 5) is 29.1. The third-order valence-corrected chi connectivity index (χ3v) is 7.54. The van der Waals surface area contributed by atoms with E-state index < -0.39 is 6.04 Å². The maximum absolute atomic E-state index is 13.7. The molecular weight excluding hydrogens is 528 g/mol. The standard InChI is InChI=1S/C31H35BrN2O3/c1-2-23-17-18-29(27(32)19-23)37-22-30(35)34(21-25-13-7-4-8-14-25)28(20-24-11-5-3-6-12-24)31(36)33-26-15-9-10-16-26/h3-8,11-14,17-19,26,28H,2,9-10,15-16,20-22H2,1H3,(H,33,36). The number of amides is 2. The van der Waals surface area contributed by atoms with E-state index in [4.69, 9.17) is 4.74 Å². The minimum Gasteiger partial charge on any atom is -0.483 e. The zero-order valence-corrected chi connectivity index (χ0v) is 23.0. The van der Waals surface area contributed by atoms with E-state index in [0.717, 1.165) is 47.7 Å². The summed E-state index contributed by atoms with van der Waals surface area (Å²) in [6, 6.07) is 25.1. The smallest absolute Gasteiger partial charge is 0.261 e. The predicted octanol–water partition coefficient (Wildman–Crippen LogP) is 6.09. The highest BCUT2D eigenvalue weighted by Crippen LogP contribution is 2.27. The monoisotopic (exact) mass is 562 g/mol. The summed E-state index contributed by atoms with van der Waals surface area (Å²) < 4.78 is 6.77. The van der Waals surface area contributed by atoms with Gasteiger partial charge in [-0.3, -0.25) is 9.59 Å². The summed E-state index contributed by atoms with van der Waals surface area (Å²) in [5.74, 6) is 0.284. The van der Waals surface area contributed by atoms with Gasteiger partial charge in [0.05, 0.1) is 4.47 Å². The molecule has 3 aromatic rings. The first kappa shape index (κ1) is 26.9. The van der Waals surface area contributed by atoms with Crippen molar-refractivity contribution in [3.63, 3.8) is 0 Å². The summed E-state index contributed by atoms with van der Waals surface area (Å²) in [7, 11) is 0. The van der Waals surface area contributed by atoms with E-state index in [1.807, 2.05) is 78.9 Å². The Morgan fingerprint density at radius 1 is 0.946 bits per heavy atom. The largest absolute Gasteiger partial charge is 0.483 e. The third-order valence-electron chi connectivity index (χ3n) is 6.92. The molecule has 0 radical (unpaired) electrons. The van der Waals surface area contributed by atoms with E-state index in [9.17, 15) is 9.59 Å². The Balaban J connectivity index is 1.59. The van der Waals surface area contributed by atoms with Gasteiger partial charge < -0.3 is 15.0 Å². The maximum atomic E-state index is 13.7. The lowest BCUT2D eigenvalue weighted by atomic mass is 10.0. The Morgan fingerprint density at radius 2 is 1.59 bits per heavy atom. The number of carbonyl (C=O) groups is 2. The van der Waals surface area contributed by atoms with Crippen LogP contribution >= 0.6 is 15.9 Å². The molecule has 1 unspecified atom stereocenters. The average molecular weight is 564 g/mol. The molecule has 194 valence electrons. The molecule has 1 atom stereocenters. The fraction of sp³-hybridized carbons (Fsp3) is 0.355. The zero-order chi connectivity index (χ0) is 26.0. The summed E-state index contributed by atoms with van der Waals surface area (Å²) in [5.41, 5.74) is 3.16. The van der Waals surface area contributed by atoms with Gasteiger partial charge in [0, 0.05) is 19.0 Å². The highest BCUT2D eigenvalue weighted by molar-refractivity contribution is 9.10. The molecule has 5 nitrogen and oxygen atoms in total. The molecule has 0 heterocycles. The van der Waals surface area contributed by atoms with Crippen molar-refractivity contribution >= 4 is 27.7 Å². The van der Waals surface area contributed by atoms with Crippen LogP contribution in [0.15, 0.2) is 83.3 Å². The molecule has 0 aromatic heterocycles. The topological polar surface area (TPSA) is 58.6 Å². The van der Waals surface area contributed by atoms with E-state index in [-0.39, 0.29) is 24.5 Å². The molecule has 37 heavy (non-hydrogen) atoms. The summed E-state index contributed by atoms with van der Waals surface area (Å²) >= 11 is 3.56. The second kappa shape index (κ2) is 13.4. The van der Waals surface area contributed by atoms with Crippen LogP contribution in [0.3, 0.4) is 0 Å². The number of rotatable bonds is 11. The Hall–Kier alpha value is -3.12. The van der Waals surface area contributed by atoms with E-state index in [1.165, 1.54) is 5.56 Å². The van der Waals surface area contributed by atoms with E-state index in [1.54, 1.807) is 4.90 Å². The quantitative estimate of drug-likeness (QED) is 0.307. The average Bonchev–Trinajstić information content (AvgIpc) is 3.44. The van der Waals surface area contributed by atoms with Gasteiger partial charge in [-0.25, -0.2) is 0 Å². The van der Waals surface area contributed by atoms with Crippen LogP contribution in [0.2, 0.25) is 0 Å². The molecule has 1 N–H and O–H groups in total. The van der Waals surface area contributed by atoms with Gasteiger partial charge >= 0.3 is 0 Å². The lowest BCUT2D eigenvalue weighted by Gasteiger charge is -2.32. The first-order chi connectivity index (χ1) is 18.0. The first-order valence-corrected chi connectivity index (χ1v) is 13.9. The van der Waals surface area contributed by atoms with Crippen LogP contribution in [0, 0.1) is 0 Å². The fourth-order valence-electron chi connectivity index (χ4n) is 4.81. The Morgan fingerprint density at radius 3 is 2.22 bits per heavy atom. The maximum Gasteiger partial charge on any atom is 0.261 e. The molecule has 4 rings (SSSR count). The van der Waals surface area contributed by atoms with Crippen molar-refractivity contribution in [1.82, 2.24) is 10.2 Å². The molecular formula is C31H35BrN2O3. The molecule has 1 aliphatic carbocycles. The fourth-order valence-corrected chi connectivity index (χ4v) is 5.35. The minimum atomic E-state index is -0.648. The Bertz CT molecular complexity index is 1160. The number of hydrogen-bond acceptors (Lipinski definition) is 3. The van der Waals surface area contributed by atoms with Crippen molar-refractivity contribution in [3.05, 3.63) is 100 Å². The molecule has 1 fully saturated rings. The number of nitrogens with zero attached hydrogens (tertiary/aromatic N) is 1. The van der Waals surface area contributed by atoms with Gasteiger partial charge in [-0.15, -0.1) is 0 Å². The number of benzene rings is 3. The van der Waals surface area contributed by atoms with Gasteiger partial charge in [0.1, 0.15) is 11.8 Å². The SMILES string of the molecule is CCc1ccc(OCC(=O)N(Cc2ccccc2)C(Cc2ccccc2)C(=O)NC2CCCC2)c(Br)c1. The molecule has 2 amide bonds. The lowest BCUT2D eigenvalue weighted by molar-refractivity contribution is -0.143. The van der Waals surface area contributed by atoms with Gasteiger partial charge in [-0.1, -0.05) is 86.5 Å². The summed E-state index contributed by atoms with van der Waals surface area (Å²) in [5, 5.41) is 3.23. The van der Waals surface area contributed by atoms with Gasteiger partial charge in [0.15, 0.2) is 6.61 Å². The Kier molecular flexibility index (Phi) is 9.78. The van der Waals surface area contributed by atoms with Crippen molar-refractivity contribution in [2.45, 2.75) is 64.1 Å². The van der Waals surface area contributed by atoms with Gasteiger partial charge in [-0.2, -0.15) is 0 Å². The number of ether oxygens (including phenoxy) is 1. The van der Waals surface area contributed by atoms with Crippen molar-refractivity contribution in [2.24, 2.45) is 0 Å². The van der Waals surface area contributed by atoms with Crippen molar-refractivity contribution < 1.29 is 14.3 Å². The Labute approximate surface area is 228 Å². The van der Waals surface area contributed by atoms with Gasteiger partial charge in [0.25, 0.3) is 5.91 Å². The highest BCUT2D eigenvalue weighted by atomic mass is 79.9. The van der Waals surface area contributed by atoms with Gasteiger partial charge in [0.2, 0.25) is 5.91 Å². The van der Waals surface area contributed by atoms with Crippen molar-refractivity contribution in [3.8, 4) is 5.75 Å². The van der Waals surface area contributed by atoms with Crippen LogP contribution < -0.4 is 10.1 Å². The molecule has 0 aliphatic heterocycles. The number of halogens is 1. The molecule has 3 aromatic carbocycles. The molecule has 6 heteroatoms. The van der Waals surface area contributed by atoms with Gasteiger partial charge in [-0.05, 0) is 64.0 Å². The first-order valence-electron chi connectivity index (χ1n) is 13.1. The van der Waals surface area contributed by atoms with Crippen LogP contribution in [-0.4, -0.2) is 35.4 Å². The second-order valence-corrected chi connectivity index (χ2v) is 10.5. The van der Waals surface area contributed by atoms with E-state index >= 15 is 0 Å². The third kappa shape index (κ3) is 7.68. The zero-order valence-electron chi connectivity index (χ0n) is 21.4. The van der Waals surface area contributed by atoms with E-state index in [2.05, 4.69) is 28.2 Å². The number of aryl methyl sites for hydroxylation is 1. The molecule has 0 spiro atoms. The van der Waals surface area contributed by atoms with Crippen molar-refractivity contribution in [2.75, 3.05) is 6.61 Å². The summed E-state index contributed by atoms with van der Waals surface area (Å²) in [6.07, 6.45) is 5.58. The molecule has 0 saturated heterocycles. The van der Waals surface area contributed by atoms with E-state index in [0.29, 0.717) is 18.7 Å². The highest BCUT2D eigenvalue weighted by Gasteiger charge is 2.32. The van der Waals surface area contributed by atoms with Crippen LogP contribution in [0.5, 0.6) is 5.75 Å². The van der Waals surface area contributed by atoms with Crippen LogP contribution in [0.4, 0.5) is 0 Å². The lowest BCUT2D eigenvalue weighted by Crippen LogP contribution is -2.53. The van der Waals surface area contributed by atoms with Crippen LogP contribution in [0.1, 0.15) is 49.3 Å². The van der Waals surface area contributed by atoms with Crippen molar-refractivity contribution in [1.29, 1.82) is 0 Å². The number of nitrogens with one attached hydrogen (secondary N) is 1. The predicted molar refractivity (Wildman–Crippen MR) is 150 cm³/mol. The molecule has 1 aliphatic rings. The van der Waals surface area contributed by atoms with Crippen LogP contribution in [0.25, 0.3) is 0 Å². The normalized spacial score (nSPS) is 14.2. The molecule has 0 bridgehead atoms. The molecule has 1 saturated carbocycles. The number of hydrogen-bond donors (Lipinski definition) is 1. The minimum absolute atomic E-state index is 0.103. The summed E-state index contributed by atoms with van der Waals surface area (Å²) in [6.45, 7) is 2.27.